The van der Waals surface area contributed by atoms with Crippen molar-refractivity contribution < 1.29 is 24.3 Å². The average Bonchev–Trinajstić information content (AvgIpc) is 2.84. The Morgan fingerprint density at radius 2 is 2.29 bits per heavy atom. The smallest absolute Gasteiger partial charge is 0.481 e. The Balaban J connectivity index is 1.89. The number of benzene rings is 1. The molecule has 1 unspecified atom stereocenters. The Bertz CT molecular complexity index is 832. The van der Waals surface area contributed by atoms with Crippen molar-refractivity contribution in [1.29, 1.82) is 5.26 Å². The van der Waals surface area contributed by atoms with Crippen molar-refractivity contribution in [1.82, 2.24) is 4.98 Å². The summed E-state index contributed by atoms with van der Waals surface area (Å²) in [4.78, 5) is 15.0. The molecule has 0 saturated carbocycles. The van der Waals surface area contributed by atoms with Gasteiger partial charge < -0.3 is 19.5 Å². The highest BCUT2D eigenvalue weighted by atomic mass is 16.5. The van der Waals surface area contributed by atoms with E-state index in [9.17, 15) is 9.82 Å². The lowest BCUT2D eigenvalue weighted by atomic mass is 9.77. The number of carboxylic acids is 1. The van der Waals surface area contributed by atoms with Gasteiger partial charge in [0.25, 0.3) is 0 Å². The second-order valence-corrected chi connectivity index (χ2v) is 5.42. The van der Waals surface area contributed by atoms with Crippen LogP contribution in [0.25, 0.3) is 0 Å². The summed E-state index contributed by atoms with van der Waals surface area (Å²) >= 11 is 0. The topological polar surface area (TPSA) is 113 Å². The minimum atomic E-state index is -1.19. The molecule has 2 aromatic rings. The predicted molar refractivity (Wildman–Crippen MR) is 83.9 cm³/mol. The van der Waals surface area contributed by atoms with Crippen molar-refractivity contribution in [2.75, 3.05) is 0 Å². The lowest BCUT2D eigenvalue weighted by Gasteiger charge is -2.13. The normalized spacial score (nSPS) is 15.7. The van der Waals surface area contributed by atoms with Crippen molar-refractivity contribution in [3.05, 3.63) is 47.2 Å². The molecule has 0 spiro atoms. The summed E-state index contributed by atoms with van der Waals surface area (Å²) in [5.41, 5.74) is 2.35. The van der Waals surface area contributed by atoms with Crippen LogP contribution in [0.2, 0.25) is 0 Å². The van der Waals surface area contributed by atoms with Crippen LogP contribution in [0, 0.1) is 18.3 Å². The van der Waals surface area contributed by atoms with E-state index in [0.29, 0.717) is 28.2 Å². The van der Waals surface area contributed by atoms with E-state index in [1.165, 1.54) is 6.20 Å². The van der Waals surface area contributed by atoms with Gasteiger partial charge in [0.05, 0.1) is 18.1 Å². The maximum absolute atomic E-state index is 10.9. The summed E-state index contributed by atoms with van der Waals surface area (Å²) in [5.74, 6) is -0.243. The molecule has 0 radical (unpaired) electrons. The number of hydrogen-bond donors (Lipinski definition) is 2. The molecule has 1 aromatic carbocycles. The Morgan fingerprint density at radius 1 is 1.50 bits per heavy atom. The van der Waals surface area contributed by atoms with Gasteiger partial charge in [-0.25, -0.2) is 4.98 Å². The first-order valence-electron chi connectivity index (χ1n) is 7.21. The zero-order valence-electron chi connectivity index (χ0n) is 12.8. The summed E-state index contributed by atoms with van der Waals surface area (Å²) in [6, 6.07) is 8.47. The Labute approximate surface area is 138 Å². The van der Waals surface area contributed by atoms with Crippen LogP contribution < -0.4 is 10.2 Å². The molecular formula is C16H13BN2O5. The Hall–Kier alpha value is -2.89. The van der Waals surface area contributed by atoms with E-state index in [1.54, 1.807) is 31.2 Å². The first-order chi connectivity index (χ1) is 11.5. The maximum atomic E-state index is 10.9. The summed E-state index contributed by atoms with van der Waals surface area (Å²) in [5, 5.41) is 27.7. The Morgan fingerprint density at radius 3 is 2.92 bits per heavy atom. The highest BCUT2D eigenvalue weighted by Gasteiger charge is 2.37. The fourth-order valence-corrected chi connectivity index (χ4v) is 2.73. The van der Waals surface area contributed by atoms with Crippen LogP contribution in [-0.2, 0) is 9.45 Å². The highest BCUT2D eigenvalue weighted by molar-refractivity contribution is 6.62. The van der Waals surface area contributed by atoms with Crippen molar-refractivity contribution in [3.8, 4) is 17.7 Å². The van der Waals surface area contributed by atoms with Gasteiger partial charge in [-0.15, -0.1) is 0 Å². The maximum Gasteiger partial charge on any atom is 0.492 e. The van der Waals surface area contributed by atoms with Gasteiger partial charge in [-0.3, -0.25) is 4.79 Å². The highest BCUT2D eigenvalue weighted by Crippen LogP contribution is 2.32. The number of aliphatic carboxylic acids is 1. The van der Waals surface area contributed by atoms with Gasteiger partial charge in [0.15, 0.2) is 0 Å². The number of nitrogens with zero attached hydrogens (tertiary/aromatic N) is 2. The zero-order chi connectivity index (χ0) is 17.3. The van der Waals surface area contributed by atoms with Crippen LogP contribution in [0.15, 0.2) is 30.5 Å². The first-order valence-corrected chi connectivity index (χ1v) is 7.21. The number of rotatable bonds is 4. The SMILES string of the molecule is Cc1cc(Oc2ccc(C#N)cn2)cc2c1C(CC(=O)O)OB2O. The van der Waals surface area contributed by atoms with E-state index in [1.807, 2.05) is 6.07 Å². The van der Waals surface area contributed by atoms with Crippen molar-refractivity contribution in [2.45, 2.75) is 19.4 Å². The van der Waals surface area contributed by atoms with E-state index in [4.69, 9.17) is 19.8 Å². The van der Waals surface area contributed by atoms with Crippen LogP contribution in [0.4, 0.5) is 0 Å². The van der Waals surface area contributed by atoms with Gasteiger partial charge in [-0.2, -0.15) is 5.26 Å². The van der Waals surface area contributed by atoms with Crippen LogP contribution >= 0.6 is 0 Å². The molecule has 7 nitrogen and oxygen atoms in total. The van der Waals surface area contributed by atoms with Crippen molar-refractivity contribution >= 4 is 18.6 Å². The van der Waals surface area contributed by atoms with Crippen molar-refractivity contribution in [3.63, 3.8) is 0 Å². The van der Waals surface area contributed by atoms with Gasteiger partial charge in [0, 0.05) is 12.3 Å². The predicted octanol–water partition coefficient (Wildman–Crippen LogP) is 1.29. The number of carbonyl (C=O) groups is 1. The molecule has 24 heavy (non-hydrogen) atoms. The quantitative estimate of drug-likeness (QED) is 0.815. The van der Waals surface area contributed by atoms with E-state index >= 15 is 0 Å². The number of nitriles is 1. The molecule has 1 aliphatic rings. The lowest BCUT2D eigenvalue weighted by molar-refractivity contribution is -0.138. The number of aromatic nitrogens is 1. The van der Waals surface area contributed by atoms with Crippen LogP contribution in [0.3, 0.4) is 0 Å². The van der Waals surface area contributed by atoms with Crippen LogP contribution in [0.5, 0.6) is 11.6 Å². The first kappa shape index (κ1) is 16.0. The van der Waals surface area contributed by atoms with E-state index < -0.39 is 19.2 Å². The monoisotopic (exact) mass is 324 g/mol. The zero-order valence-corrected chi connectivity index (χ0v) is 12.8. The van der Waals surface area contributed by atoms with Gasteiger partial charge >= 0.3 is 13.1 Å². The molecule has 120 valence electrons. The molecule has 0 aliphatic carbocycles. The number of ether oxygens (including phenoxy) is 1. The minimum absolute atomic E-state index is 0.220. The average molecular weight is 324 g/mol. The summed E-state index contributed by atoms with van der Waals surface area (Å²) in [6.45, 7) is 1.80. The summed E-state index contributed by atoms with van der Waals surface area (Å²) in [6.07, 6.45) is 0.494. The number of pyridine rings is 1. The fourth-order valence-electron chi connectivity index (χ4n) is 2.73. The lowest BCUT2D eigenvalue weighted by Crippen LogP contribution is -2.28. The van der Waals surface area contributed by atoms with Gasteiger partial charge in [0.1, 0.15) is 11.8 Å². The standard InChI is InChI=1S/C16H13BN2O5/c1-9-4-11(23-14-3-2-10(7-18)8-19-14)5-12-16(9)13(6-15(20)21)24-17(12)22/h2-5,8,13,22H,6H2,1H3,(H,20,21). The summed E-state index contributed by atoms with van der Waals surface area (Å²) in [7, 11) is -1.19. The van der Waals surface area contributed by atoms with Gasteiger partial charge in [-0.05, 0) is 41.7 Å². The van der Waals surface area contributed by atoms with Gasteiger partial charge in [-0.1, -0.05) is 0 Å². The third-order valence-electron chi connectivity index (χ3n) is 3.72. The molecule has 2 heterocycles. The van der Waals surface area contributed by atoms with Crippen LogP contribution in [0.1, 0.15) is 29.2 Å². The van der Waals surface area contributed by atoms with E-state index in [2.05, 4.69) is 4.98 Å². The number of fused-ring (bicyclic) bond motifs is 1. The molecule has 0 fully saturated rings. The molecule has 2 N–H and O–H groups in total. The molecule has 1 atom stereocenters. The van der Waals surface area contributed by atoms with Crippen LogP contribution in [-0.4, -0.2) is 28.2 Å². The molecular weight excluding hydrogens is 311 g/mol. The summed E-state index contributed by atoms with van der Waals surface area (Å²) < 4.78 is 11.0. The second kappa shape index (κ2) is 6.32. The van der Waals surface area contributed by atoms with Gasteiger partial charge in [0.2, 0.25) is 5.88 Å². The number of aryl methyl sites for hydroxylation is 1. The number of hydrogen-bond acceptors (Lipinski definition) is 6. The molecule has 3 rings (SSSR count). The molecule has 8 heteroatoms. The molecule has 1 aliphatic heterocycles. The molecule has 0 amide bonds. The largest absolute Gasteiger partial charge is 0.492 e. The molecule has 0 saturated heterocycles. The Kier molecular flexibility index (Phi) is 4.21. The molecule has 1 aromatic heterocycles. The van der Waals surface area contributed by atoms with E-state index in [-0.39, 0.29) is 6.42 Å². The fraction of sp³-hybridized carbons (Fsp3) is 0.188. The third kappa shape index (κ3) is 3.08. The number of carboxylic acid groups (broad SMARTS) is 1. The second-order valence-electron chi connectivity index (χ2n) is 5.42. The third-order valence-corrected chi connectivity index (χ3v) is 3.72. The molecule has 0 bridgehead atoms. The van der Waals surface area contributed by atoms with E-state index in [0.717, 1.165) is 5.56 Å². The van der Waals surface area contributed by atoms with Crippen molar-refractivity contribution in [2.24, 2.45) is 0 Å². The minimum Gasteiger partial charge on any atom is -0.481 e.